The van der Waals surface area contributed by atoms with E-state index in [2.05, 4.69) is 18.7 Å². The Morgan fingerprint density at radius 2 is 1.72 bits per heavy atom. The van der Waals surface area contributed by atoms with Crippen molar-refractivity contribution in [3.05, 3.63) is 24.8 Å². The van der Waals surface area contributed by atoms with Gasteiger partial charge in [0.15, 0.2) is 0 Å². The van der Waals surface area contributed by atoms with Crippen molar-refractivity contribution in [2.45, 2.75) is 83.5 Å². The van der Waals surface area contributed by atoms with Crippen LogP contribution in [-0.2, 0) is 14.3 Å². The summed E-state index contributed by atoms with van der Waals surface area (Å²) < 4.78 is 9.85. The number of esters is 1. The Hall–Kier alpha value is -1.58. The first-order valence-corrected chi connectivity index (χ1v) is 9.85. The maximum absolute atomic E-state index is 11.6. The zero-order chi connectivity index (χ0) is 18.2. The molecule has 4 nitrogen and oxygen atoms in total. The Morgan fingerprint density at radius 1 is 1.00 bits per heavy atom. The van der Waals surface area contributed by atoms with Crippen LogP contribution in [0.15, 0.2) is 24.8 Å². The highest BCUT2D eigenvalue weighted by Crippen LogP contribution is 2.19. The summed E-state index contributed by atoms with van der Waals surface area (Å²) in [7, 11) is 0. The highest BCUT2D eigenvalue weighted by molar-refractivity contribution is 5.81. The number of unbranched alkanes of at least 4 members (excludes halogenated alkanes) is 6. The quantitative estimate of drug-likeness (QED) is 0.195. The predicted octanol–water partition coefficient (Wildman–Crippen LogP) is 6.11. The van der Waals surface area contributed by atoms with Crippen molar-refractivity contribution in [2.75, 3.05) is 6.61 Å². The highest BCUT2D eigenvalue weighted by atomic mass is 16.7. The van der Waals surface area contributed by atoms with Crippen molar-refractivity contribution >= 4 is 12.1 Å². The van der Waals surface area contributed by atoms with Crippen molar-refractivity contribution in [3.8, 4) is 0 Å². The largest absolute Gasteiger partial charge is 0.516 e. The number of allylic oxidation sites excluding steroid dienone is 3. The molecular formula is C21H34O4. The normalized spacial score (nSPS) is 18.6. The van der Waals surface area contributed by atoms with Crippen LogP contribution in [0.2, 0.25) is 0 Å². The Labute approximate surface area is 152 Å². The molecular weight excluding hydrogens is 316 g/mol. The van der Waals surface area contributed by atoms with Crippen LogP contribution in [0, 0.1) is 5.92 Å². The SMILES string of the molecule is C=CCCCCCCCCC(=O)OC(=O)OCC1CC/C=C\CCC1. The molecule has 0 bridgehead atoms. The molecule has 0 heterocycles. The van der Waals surface area contributed by atoms with Crippen molar-refractivity contribution in [2.24, 2.45) is 5.92 Å². The second kappa shape index (κ2) is 14.7. The number of hydrogen-bond acceptors (Lipinski definition) is 4. The molecule has 0 saturated carbocycles. The Bertz CT molecular complexity index is 414. The zero-order valence-corrected chi connectivity index (χ0v) is 15.5. The molecule has 0 amide bonds. The van der Waals surface area contributed by atoms with Crippen LogP contribution in [0.5, 0.6) is 0 Å². The Morgan fingerprint density at radius 3 is 2.52 bits per heavy atom. The van der Waals surface area contributed by atoms with Gasteiger partial charge in [-0.3, -0.25) is 4.79 Å². The summed E-state index contributed by atoms with van der Waals surface area (Å²) in [5.74, 6) is -0.106. The summed E-state index contributed by atoms with van der Waals surface area (Å²) in [5.41, 5.74) is 0. The van der Waals surface area contributed by atoms with Crippen molar-refractivity contribution in [1.29, 1.82) is 0 Å². The molecule has 142 valence electrons. The van der Waals surface area contributed by atoms with E-state index >= 15 is 0 Å². The number of carbonyl (C=O) groups excluding carboxylic acids is 2. The first-order chi connectivity index (χ1) is 12.2. The molecule has 0 aromatic heterocycles. The van der Waals surface area contributed by atoms with E-state index in [4.69, 9.17) is 9.47 Å². The molecule has 1 unspecified atom stereocenters. The average molecular weight is 350 g/mol. The average Bonchev–Trinajstić information content (AvgIpc) is 2.56. The van der Waals surface area contributed by atoms with Gasteiger partial charge in [0.25, 0.3) is 0 Å². The minimum Gasteiger partial charge on any atom is -0.434 e. The molecule has 0 fully saturated rings. The molecule has 0 aromatic carbocycles. The summed E-state index contributed by atoms with van der Waals surface area (Å²) >= 11 is 0. The van der Waals surface area contributed by atoms with Gasteiger partial charge in [-0.15, -0.1) is 6.58 Å². The van der Waals surface area contributed by atoms with Gasteiger partial charge in [-0.25, -0.2) is 4.79 Å². The predicted molar refractivity (Wildman–Crippen MR) is 100 cm³/mol. The summed E-state index contributed by atoms with van der Waals surface area (Å²) in [6.07, 6.45) is 18.6. The van der Waals surface area contributed by atoms with Gasteiger partial charge in [0.05, 0.1) is 6.61 Å². The highest BCUT2D eigenvalue weighted by Gasteiger charge is 2.15. The van der Waals surface area contributed by atoms with E-state index in [1.807, 2.05) is 6.08 Å². The van der Waals surface area contributed by atoms with E-state index in [1.54, 1.807) is 0 Å². The summed E-state index contributed by atoms with van der Waals surface area (Å²) in [6.45, 7) is 4.06. The molecule has 0 aliphatic heterocycles. The second-order valence-electron chi connectivity index (χ2n) is 6.83. The molecule has 1 aliphatic carbocycles. The molecule has 1 atom stereocenters. The van der Waals surface area contributed by atoms with Gasteiger partial charge in [-0.1, -0.05) is 43.9 Å². The van der Waals surface area contributed by atoms with Crippen molar-refractivity contribution in [3.63, 3.8) is 0 Å². The topological polar surface area (TPSA) is 52.6 Å². The lowest BCUT2D eigenvalue weighted by atomic mass is 9.95. The van der Waals surface area contributed by atoms with Crippen molar-refractivity contribution in [1.82, 2.24) is 0 Å². The monoisotopic (exact) mass is 350 g/mol. The Balaban J connectivity index is 2.00. The summed E-state index contributed by atoms with van der Waals surface area (Å²) in [6, 6.07) is 0. The minimum absolute atomic E-state index is 0.288. The molecule has 0 spiro atoms. The van der Waals surface area contributed by atoms with Crippen LogP contribution >= 0.6 is 0 Å². The van der Waals surface area contributed by atoms with Gasteiger partial charge in [-0.2, -0.15) is 0 Å². The van der Waals surface area contributed by atoms with Crippen LogP contribution in [0.4, 0.5) is 4.79 Å². The third-order valence-electron chi connectivity index (χ3n) is 4.56. The third-order valence-corrected chi connectivity index (χ3v) is 4.56. The summed E-state index contributed by atoms with van der Waals surface area (Å²) in [4.78, 5) is 23.2. The van der Waals surface area contributed by atoms with E-state index in [0.717, 1.165) is 57.8 Å². The molecule has 0 radical (unpaired) electrons. The van der Waals surface area contributed by atoms with Crippen LogP contribution in [0.1, 0.15) is 83.5 Å². The van der Waals surface area contributed by atoms with Crippen LogP contribution in [-0.4, -0.2) is 18.7 Å². The lowest BCUT2D eigenvalue weighted by Gasteiger charge is -2.16. The van der Waals surface area contributed by atoms with Crippen LogP contribution < -0.4 is 0 Å². The van der Waals surface area contributed by atoms with E-state index < -0.39 is 12.1 Å². The fraction of sp³-hybridized carbons (Fsp3) is 0.714. The van der Waals surface area contributed by atoms with E-state index in [9.17, 15) is 9.59 Å². The fourth-order valence-corrected chi connectivity index (χ4v) is 3.03. The summed E-state index contributed by atoms with van der Waals surface area (Å²) in [5, 5.41) is 0. The number of rotatable bonds is 11. The molecule has 4 heteroatoms. The van der Waals surface area contributed by atoms with Gasteiger partial charge in [0, 0.05) is 6.42 Å². The van der Waals surface area contributed by atoms with Gasteiger partial charge in [0.1, 0.15) is 0 Å². The minimum atomic E-state index is -0.841. The fourth-order valence-electron chi connectivity index (χ4n) is 3.03. The first-order valence-electron chi connectivity index (χ1n) is 9.85. The number of carbonyl (C=O) groups is 2. The van der Waals surface area contributed by atoms with Crippen LogP contribution in [0.25, 0.3) is 0 Å². The first kappa shape index (κ1) is 21.5. The van der Waals surface area contributed by atoms with E-state index in [0.29, 0.717) is 12.5 Å². The third kappa shape index (κ3) is 12.4. The standard InChI is InChI=1S/C21H34O4/c1-2-3-4-5-6-7-11-14-17-20(22)25-21(23)24-18-19-15-12-9-8-10-13-16-19/h2,8-9,19H,1,3-7,10-18H2/b9-8-. The van der Waals surface area contributed by atoms with Crippen molar-refractivity contribution < 1.29 is 19.1 Å². The van der Waals surface area contributed by atoms with E-state index in [-0.39, 0.29) is 6.42 Å². The lowest BCUT2D eigenvalue weighted by molar-refractivity contribution is -0.140. The van der Waals surface area contributed by atoms with Crippen LogP contribution in [0.3, 0.4) is 0 Å². The Kier molecular flexibility index (Phi) is 12.7. The molecule has 25 heavy (non-hydrogen) atoms. The molecule has 0 saturated heterocycles. The van der Waals surface area contributed by atoms with E-state index in [1.165, 1.54) is 19.3 Å². The molecule has 1 rings (SSSR count). The smallest absolute Gasteiger partial charge is 0.434 e. The second-order valence-corrected chi connectivity index (χ2v) is 6.83. The molecule has 0 N–H and O–H groups in total. The van der Waals surface area contributed by atoms with Gasteiger partial charge >= 0.3 is 12.1 Å². The van der Waals surface area contributed by atoms with Gasteiger partial charge in [-0.05, 0) is 57.3 Å². The number of hydrogen-bond donors (Lipinski definition) is 0. The maximum Gasteiger partial charge on any atom is 0.516 e. The maximum atomic E-state index is 11.6. The van der Waals surface area contributed by atoms with Gasteiger partial charge < -0.3 is 9.47 Å². The molecule has 1 aliphatic rings. The van der Waals surface area contributed by atoms with Gasteiger partial charge in [0.2, 0.25) is 0 Å². The lowest BCUT2D eigenvalue weighted by Crippen LogP contribution is -2.18. The number of ether oxygens (including phenoxy) is 2. The molecule has 0 aromatic rings. The zero-order valence-electron chi connectivity index (χ0n) is 15.5.